The van der Waals surface area contributed by atoms with Gasteiger partial charge in [-0.2, -0.15) is 5.10 Å². The van der Waals surface area contributed by atoms with Gasteiger partial charge in [-0.15, -0.1) is 0 Å². The molecule has 0 bridgehead atoms. The molecular weight excluding hydrogens is 202 g/mol. The molecule has 90 valence electrons. The first-order chi connectivity index (χ1) is 7.79. The molecule has 0 saturated heterocycles. The van der Waals surface area contributed by atoms with Crippen LogP contribution in [-0.4, -0.2) is 29.0 Å². The number of hydrogen-bond donors (Lipinski definition) is 1. The number of methoxy groups -OCH3 is 1. The Morgan fingerprint density at radius 1 is 1.50 bits per heavy atom. The Kier molecular flexibility index (Phi) is 3.96. The summed E-state index contributed by atoms with van der Waals surface area (Å²) in [5.74, 6) is 0. The van der Waals surface area contributed by atoms with Crippen LogP contribution in [0.2, 0.25) is 0 Å². The number of nitrogens with zero attached hydrogens (tertiary/aromatic N) is 2. The molecule has 1 fully saturated rings. The second-order valence-corrected chi connectivity index (χ2v) is 4.53. The van der Waals surface area contributed by atoms with Crippen molar-refractivity contribution in [1.82, 2.24) is 15.1 Å². The van der Waals surface area contributed by atoms with E-state index in [2.05, 4.69) is 16.5 Å². The Morgan fingerprint density at radius 3 is 3.00 bits per heavy atom. The molecule has 2 unspecified atom stereocenters. The predicted octanol–water partition coefficient (Wildman–Crippen LogP) is 1.47. The topological polar surface area (TPSA) is 39.1 Å². The van der Waals surface area contributed by atoms with Gasteiger partial charge in [0.05, 0.1) is 11.8 Å². The lowest BCUT2D eigenvalue weighted by molar-refractivity contribution is 0.0412. The fourth-order valence-corrected chi connectivity index (χ4v) is 2.41. The van der Waals surface area contributed by atoms with Gasteiger partial charge in [0.25, 0.3) is 0 Å². The third-order valence-corrected chi connectivity index (χ3v) is 3.32. The lowest BCUT2D eigenvalue weighted by Gasteiger charge is -2.31. The van der Waals surface area contributed by atoms with E-state index < -0.39 is 0 Å². The van der Waals surface area contributed by atoms with Crippen molar-refractivity contribution in [3.63, 3.8) is 0 Å². The molecular formula is C12H21N3O. The van der Waals surface area contributed by atoms with Crippen molar-refractivity contribution in [2.24, 2.45) is 7.05 Å². The summed E-state index contributed by atoms with van der Waals surface area (Å²) in [5, 5.41) is 7.91. The zero-order valence-corrected chi connectivity index (χ0v) is 10.1. The monoisotopic (exact) mass is 223 g/mol. The van der Waals surface area contributed by atoms with Crippen LogP contribution >= 0.6 is 0 Å². The van der Waals surface area contributed by atoms with E-state index in [1.807, 2.05) is 25.0 Å². The number of rotatable bonds is 4. The van der Waals surface area contributed by atoms with Crippen LogP contribution in [0.3, 0.4) is 0 Å². The molecule has 1 aliphatic rings. The Hall–Kier alpha value is -0.870. The normalized spacial score (nSPS) is 25.9. The first kappa shape index (κ1) is 11.6. The Morgan fingerprint density at radius 2 is 2.31 bits per heavy atom. The molecule has 4 heteroatoms. The highest BCUT2D eigenvalue weighted by Crippen LogP contribution is 2.20. The Balaban J connectivity index is 1.84. The minimum Gasteiger partial charge on any atom is -0.380 e. The zero-order chi connectivity index (χ0) is 11.4. The quantitative estimate of drug-likeness (QED) is 0.840. The largest absolute Gasteiger partial charge is 0.380 e. The molecule has 0 spiro atoms. The molecule has 16 heavy (non-hydrogen) atoms. The molecule has 0 radical (unpaired) electrons. The fraction of sp³-hybridized carbons (Fsp3) is 0.750. The molecule has 1 heterocycles. The standard InChI is InChI=1S/C12H21N3O/c1-15-8-7-10(14-15)9-13-11-5-3-4-6-12(11)16-2/h7-8,11-13H,3-6,9H2,1-2H3. The van der Waals surface area contributed by atoms with E-state index in [0.29, 0.717) is 12.1 Å². The zero-order valence-electron chi connectivity index (χ0n) is 10.1. The number of hydrogen-bond acceptors (Lipinski definition) is 3. The molecule has 0 aromatic carbocycles. The third-order valence-electron chi connectivity index (χ3n) is 3.32. The Labute approximate surface area is 97.0 Å². The molecule has 0 amide bonds. The van der Waals surface area contributed by atoms with Gasteiger partial charge in [0.2, 0.25) is 0 Å². The number of nitrogens with one attached hydrogen (secondary N) is 1. The van der Waals surface area contributed by atoms with Gasteiger partial charge in [0.1, 0.15) is 0 Å². The van der Waals surface area contributed by atoms with Crippen molar-refractivity contribution < 1.29 is 4.74 Å². The second kappa shape index (κ2) is 5.46. The lowest BCUT2D eigenvalue weighted by atomic mass is 9.92. The van der Waals surface area contributed by atoms with Gasteiger partial charge in [-0.25, -0.2) is 0 Å². The molecule has 1 N–H and O–H groups in total. The van der Waals surface area contributed by atoms with Crippen LogP contribution in [0.5, 0.6) is 0 Å². The summed E-state index contributed by atoms with van der Waals surface area (Å²) in [4.78, 5) is 0. The number of aryl methyl sites for hydroxylation is 1. The summed E-state index contributed by atoms with van der Waals surface area (Å²) in [6, 6.07) is 2.54. The summed E-state index contributed by atoms with van der Waals surface area (Å²) in [7, 11) is 3.76. The average Bonchev–Trinajstić information content (AvgIpc) is 2.73. The molecule has 1 aliphatic carbocycles. The van der Waals surface area contributed by atoms with Gasteiger partial charge in [0.15, 0.2) is 0 Å². The van der Waals surface area contributed by atoms with E-state index in [9.17, 15) is 0 Å². The molecule has 2 atom stereocenters. The first-order valence-electron chi connectivity index (χ1n) is 6.04. The van der Waals surface area contributed by atoms with Gasteiger partial charge < -0.3 is 10.1 Å². The van der Waals surface area contributed by atoms with Gasteiger partial charge in [0, 0.05) is 32.9 Å². The maximum atomic E-state index is 5.51. The van der Waals surface area contributed by atoms with Crippen molar-refractivity contribution in [3.8, 4) is 0 Å². The van der Waals surface area contributed by atoms with E-state index in [0.717, 1.165) is 12.2 Å². The minimum absolute atomic E-state index is 0.373. The van der Waals surface area contributed by atoms with Gasteiger partial charge in [-0.3, -0.25) is 4.68 Å². The molecule has 1 aromatic heterocycles. The summed E-state index contributed by atoms with van der Waals surface area (Å²) >= 11 is 0. The van der Waals surface area contributed by atoms with Gasteiger partial charge in [-0.05, 0) is 18.9 Å². The van der Waals surface area contributed by atoms with Crippen LogP contribution in [-0.2, 0) is 18.3 Å². The first-order valence-corrected chi connectivity index (χ1v) is 6.04. The lowest BCUT2D eigenvalue weighted by Crippen LogP contribution is -2.42. The SMILES string of the molecule is COC1CCCCC1NCc1ccn(C)n1. The van der Waals surface area contributed by atoms with Gasteiger partial charge >= 0.3 is 0 Å². The number of ether oxygens (including phenoxy) is 1. The highest BCUT2D eigenvalue weighted by Gasteiger charge is 2.24. The van der Waals surface area contributed by atoms with Crippen LogP contribution in [0.1, 0.15) is 31.4 Å². The van der Waals surface area contributed by atoms with E-state index in [1.165, 1.54) is 25.7 Å². The summed E-state index contributed by atoms with van der Waals surface area (Å²) < 4.78 is 7.35. The third kappa shape index (κ3) is 2.83. The minimum atomic E-state index is 0.373. The number of aromatic nitrogens is 2. The molecule has 1 aromatic rings. The summed E-state index contributed by atoms with van der Waals surface area (Å²) in [6.07, 6.45) is 7.34. The second-order valence-electron chi connectivity index (χ2n) is 4.53. The molecule has 4 nitrogen and oxygen atoms in total. The van der Waals surface area contributed by atoms with E-state index in [1.54, 1.807) is 0 Å². The maximum Gasteiger partial charge on any atom is 0.0762 e. The smallest absolute Gasteiger partial charge is 0.0762 e. The van der Waals surface area contributed by atoms with Crippen molar-refractivity contribution >= 4 is 0 Å². The van der Waals surface area contributed by atoms with Crippen molar-refractivity contribution in [2.75, 3.05) is 7.11 Å². The summed E-state index contributed by atoms with van der Waals surface area (Å²) in [5.41, 5.74) is 1.10. The van der Waals surface area contributed by atoms with Crippen molar-refractivity contribution in [2.45, 2.75) is 44.4 Å². The molecule has 1 saturated carbocycles. The molecule has 0 aliphatic heterocycles. The van der Waals surface area contributed by atoms with Gasteiger partial charge in [-0.1, -0.05) is 12.8 Å². The average molecular weight is 223 g/mol. The van der Waals surface area contributed by atoms with Crippen molar-refractivity contribution in [3.05, 3.63) is 18.0 Å². The van der Waals surface area contributed by atoms with Crippen LogP contribution in [0, 0.1) is 0 Å². The maximum absolute atomic E-state index is 5.51. The van der Waals surface area contributed by atoms with Crippen LogP contribution in [0.4, 0.5) is 0 Å². The fourth-order valence-electron chi connectivity index (χ4n) is 2.41. The predicted molar refractivity (Wildman–Crippen MR) is 63.1 cm³/mol. The van der Waals surface area contributed by atoms with Crippen LogP contribution in [0.25, 0.3) is 0 Å². The Bertz CT molecular complexity index is 324. The van der Waals surface area contributed by atoms with E-state index >= 15 is 0 Å². The highest BCUT2D eigenvalue weighted by atomic mass is 16.5. The van der Waals surface area contributed by atoms with E-state index in [-0.39, 0.29) is 0 Å². The highest BCUT2D eigenvalue weighted by molar-refractivity contribution is 4.99. The van der Waals surface area contributed by atoms with Crippen molar-refractivity contribution in [1.29, 1.82) is 0 Å². The molecule has 2 rings (SSSR count). The van der Waals surface area contributed by atoms with E-state index in [4.69, 9.17) is 4.74 Å². The van der Waals surface area contributed by atoms with Crippen LogP contribution < -0.4 is 5.32 Å². The summed E-state index contributed by atoms with van der Waals surface area (Å²) in [6.45, 7) is 0.839. The van der Waals surface area contributed by atoms with Crippen LogP contribution in [0.15, 0.2) is 12.3 Å².